The van der Waals surface area contributed by atoms with Gasteiger partial charge in [0.05, 0.1) is 0 Å². The zero-order valence-electron chi connectivity index (χ0n) is 2.38. The van der Waals surface area contributed by atoms with E-state index in [0.717, 1.165) is 0 Å². The molecule has 0 heterocycles. The molecular formula is CH4N2OPt. The van der Waals surface area contributed by atoms with Gasteiger partial charge in [-0.15, -0.1) is 0 Å². The third kappa shape index (κ3) is 8730. The molecule has 5 heavy (non-hydrogen) atoms. The fourth-order valence-corrected chi connectivity index (χ4v) is 0. The number of primary amides is 2. The molecule has 0 radical (unpaired) electrons. The van der Waals surface area contributed by atoms with Crippen molar-refractivity contribution in [2.75, 3.05) is 0 Å². The summed E-state index contributed by atoms with van der Waals surface area (Å²) in [4.78, 5) is 9.00. The quantitative estimate of drug-likeness (QED) is 0.574. The third-order valence-corrected chi connectivity index (χ3v) is 0. The molecule has 0 saturated carbocycles. The van der Waals surface area contributed by atoms with Gasteiger partial charge in [0.15, 0.2) is 0 Å². The minimum absolute atomic E-state index is 0. The van der Waals surface area contributed by atoms with Crippen molar-refractivity contribution in [2.24, 2.45) is 11.5 Å². The van der Waals surface area contributed by atoms with Crippen LogP contribution in [-0.2, 0) is 21.1 Å². The van der Waals surface area contributed by atoms with Crippen LogP contribution in [0, 0.1) is 0 Å². The summed E-state index contributed by atoms with van der Waals surface area (Å²) in [6.45, 7) is 0. The van der Waals surface area contributed by atoms with Crippen LogP contribution in [0.25, 0.3) is 0 Å². The van der Waals surface area contributed by atoms with Crippen molar-refractivity contribution < 1.29 is 25.9 Å². The molecule has 4 heteroatoms. The molecule has 0 saturated heterocycles. The normalized spacial score (nSPS) is 4.80. The summed E-state index contributed by atoms with van der Waals surface area (Å²) in [6.07, 6.45) is 0. The average Bonchev–Trinajstić information content (AvgIpc) is 0.811. The fourth-order valence-electron chi connectivity index (χ4n) is 0. The standard InChI is InChI=1S/CH4N2O.Pt/c2-1(3)4;/h(H4,2,3,4);. The number of amides is 2. The molecule has 0 atom stereocenters. The summed E-state index contributed by atoms with van der Waals surface area (Å²) >= 11 is 0. The summed E-state index contributed by atoms with van der Waals surface area (Å²) in [5, 5.41) is 0. The van der Waals surface area contributed by atoms with Gasteiger partial charge in [0.1, 0.15) is 0 Å². The van der Waals surface area contributed by atoms with E-state index in [4.69, 9.17) is 4.79 Å². The Labute approximate surface area is 44.0 Å². The summed E-state index contributed by atoms with van der Waals surface area (Å²) in [5.74, 6) is 0. The van der Waals surface area contributed by atoms with Crippen molar-refractivity contribution in [1.82, 2.24) is 0 Å². The number of rotatable bonds is 0. The first-order chi connectivity index (χ1) is 1.73. The van der Waals surface area contributed by atoms with Crippen LogP contribution in [0.2, 0.25) is 0 Å². The molecule has 0 spiro atoms. The van der Waals surface area contributed by atoms with E-state index in [-0.39, 0.29) is 21.1 Å². The van der Waals surface area contributed by atoms with Crippen LogP contribution in [0.4, 0.5) is 4.79 Å². The fraction of sp³-hybridized carbons (Fsp3) is 0. The van der Waals surface area contributed by atoms with Crippen LogP contribution in [0.3, 0.4) is 0 Å². The molecule has 3 nitrogen and oxygen atoms in total. The number of carbonyl (C=O) groups excluding carboxylic acids is 1. The molecule has 0 fully saturated rings. The van der Waals surface area contributed by atoms with Gasteiger partial charge in [-0.2, -0.15) is 0 Å². The van der Waals surface area contributed by atoms with Crippen LogP contribution in [-0.4, -0.2) is 6.03 Å². The Morgan fingerprint density at radius 3 is 1.40 bits per heavy atom. The smallest absolute Gasteiger partial charge is 0.309 e. The van der Waals surface area contributed by atoms with E-state index >= 15 is 0 Å². The van der Waals surface area contributed by atoms with Crippen LogP contribution in [0.5, 0.6) is 0 Å². The molecule has 0 aliphatic carbocycles. The van der Waals surface area contributed by atoms with Crippen LogP contribution >= 0.6 is 0 Å². The van der Waals surface area contributed by atoms with Crippen LogP contribution < -0.4 is 11.5 Å². The van der Waals surface area contributed by atoms with Crippen molar-refractivity contribution in [3.8, 4) is 0 Å². The van der Waals surface area contributed by atoms with Gasteiger partial charge < -0.3 is 11.5 Å². The summed E-state index contributed by atoms with van der Waals surface area (Å²) in [6, 6.07) is -0.833. The van der Waals surface area contributed by atoms with E-state index in [1.807, 2.05) is 0 Å². The predicted octanol–water partition coefficient (Wildman–Crippen LogP) is -0.979. The number of hydrogen-bond acceptors (Lipinski definition) is 1. The first-order valence-corrected chi connectivity index (χ1v) is 0.781. The second-order valence-electron chi connectivity index (χ2n) is 0.402. The largest absolute Gasteiger partial charge is 0.352 e. The molecule has 2 amide bonds. The van der Waals surface area contributed by atoms with E-state index in [9.17, 15) is 0 Å². The first-order valence-electron chi connectivity index (χ1n) is 0.781. The molecule has 34 valence electrons. The van der Waals surface area contributed by atoms with Crippen molar-refractivity contribution >= 4 is 6.03 Å². The second-order valence-corrected chi connectivity index (χ2v) is 0.402. The topological polar surface area (TPSA) is 69.1 Å². The van der Waals surface area contributed by atoms with Crippen LogP contribution in [0.15, 0.2) is 0 Å². The number of nitrogens with two attached hydrogens (primary N) is 2. The number of urea groups is 1. The second kappa shape index (κ2) is 3.96. The molecule has 0 aromatic rings. The molecule has 4 N–H and O–H groups in total. The number of hydrogen-bond donors (Lipinski definition) is 2. The maximum absolute atomic E-state index is 9.00. The monoisotopic (exact) mass is 255 g/mol. The Morgan fingerprint density at radius 2 is 1.40 bits per heavy atom. The van der Waals surface area contributed by atoms with Gasteiger partial charge in [-0.25, -0.2) is 4.79 Å². The predicted molar refractivity (Wildman–Crippen MR) is 13.8 cm³/mol. The summed E-state index contributed by atoms with van der Waals surface area (Å²) in [5.41, 5.74) is 8.50. The van der Waals surface area contributed by atoms with Gasteiger partial charge in [-0.1, -0.05) is 0 Å². The Bertz CT molecular complexity index is 32.6. The Balaban J connectivity index is 0. The van der Waals surface area contributed by atoms with Gasteiger partial charge in [0.2, 0.25) is 0 Å². The van der Waals surface area contributed by atoms with Crippen LogP contribution in [0.1, 0.15) is 0 Å². The summed E-state index contributed by atoms with van der Waals surface area (Å²) < 4.78 is 0. The molecule has 0 rings (SSSR count). The van der Waals surface area contributed by atoms with Gasteiger partial charge in [0.25, 0.3) is 0 Å². The minimum Gasteiger partial charge on any atom is -0.352 e. The molecule has 0 aromatic heterocycles. The maximum Gasteiger partial charge on any atom is 0.309 e. The van der Waals surface area contributed by atoms with E-state index in [2.05, 4.69) is 11.5 Å². The van der Waals surface area contributed by atoms with E-state index in [0.29, 0.717) is 0 Å². The first kappa shape index (κ1) is 8.88. The Morgan fingerprint density at radius 1 is 1.40 bits per heavy atom. The SMILES string of the molecule is NC(N)=O.[Pt]. The van der Waals surface area contributed by atoms with E-state index in [1.54, 1.807) is 0 Å². The Hall–Kier alpha value is -0.0417. The summed E-state index contributed by atoms with van der Waals surface area (Å²) in [7, 11) is 0. The van der Waals surface area contributed by atoms with Crippen molar-refractivity contribution in [3.05, 3.63) is 0 Å². The van der Waals surface area contributed by atoms with Gasteiger partial charge in [-0.05, 0) is 0 Å². The Kier molecular flexibility index (Phi) is 7.03. The molecule has 0 bridgehead atoms. The molecule has 0 aromatic carbocycles. The van der Waals surface area contributed by atoms with Crippen molar-refractivity contribution in [3.63, 3.8) is 0 Å². The molecule has 0 aliphatic rings. The third-order valence-electron chi connectivity index (χ3n) is 0. The zero-order chi connectivity index (χ0) is 3.58. The van der Waals surface area contributed by atoms with Gasteiger partial charge >= 0.3 is 6.03 Å². The van der Waals surface area contributed by atoms with Crippen molar-refractivity contribution in [1.29, 1.82) is 0 Å². The van der Waals surface area contributed by atoms with E-state index in [1.165, 1.54) is 0 Å². The molecular weight excluding hydrogens is 251 g/mol. The average molecular weight is 255 g/mol. The van der Waals surface area contributed by atoms with Gasteiger partial charge in [0, 0.05) is 21.1 Å². The van der Waals surface area contributed by atoms with Crippen molar-refractivity contribution in [2.45, 2.75) is 0 Å². The molecule has 0 unspecified atom stereocenters. The minimum atomic E-state index is -0.833. The van der Waals surface area contributed by atoms with Gasteiger partial charge in [-0.3, -0.25) is 0 Å². The zero-order valence-corrected chi connectivity index (χ0v) is 4.65. The number of carbonyl (C=O) groups is 1. The molecule has 0 aliphatic heterocycles. The van der Waals surface area contributed by atoms with E-state index < -0.39 is 6.03 Å². The maximum atomic E-state index is 9.00.